The van der Waals surface area contributed by atoms with Crippen LogP contribution in [-0.4, -0.2) is 93.4 Å². The van der Waals surface area contributed by atoms with Crippen molar-refractivity contribution in [2.45, 2.75) is 84.2 Å². The van der Waals surface area contributed by atoms with Crippen molar-refractivity contribution >= 4 is 17.7 Å². The van der Waals surface area contributed by atoms with E-state index < -0.39 is 5.60 Å². The number of rotatable bonds is 5. The first-order chi connectivity index (χ1) is 15.9. The van der Waals surface area contributed by atoms with Gasteiger partial charge >= 0.3 is 12.1 Å². The number of nitrogens with zero attached hydrogens (tertiary/aromatic N) is 6. The van der Waals surface area contributed by atoms with Gasteiger partial charge in [-0.2, -0.15) is 9.97 Å². The summed E-state index contributed by atoms with van der Waals surface area (Å²) in [6, 6.07) is 1.95. The third-order valence-electron chi connectivity index (χ3n) is 6.66. The van der Waals surface area contributed by atoms with Crippen LogP contribution in [0.3, 0.4) is 0 Å². The van der Waals surface area contributed by atoms with Crippen LogP contribution in [0.1, 0.15) is 60.1 Å². The van der Waals surface area contributed by atoms with Gasteiger partial charge in [-0.3, -0.25) is 4.90 Å². The predicted molar refractivity (Wildman–Crippen MR) is 129 cm³/mol. The van der Waals surface area contributed by atoms with E-state index in [9.17, 15) is 10.0 Å². The summed E-state index contributed by atoms with van der Waals surface area (Å²) in [6.07, 6.45) is 1.72. The Balaban J connectivity index is 1.84. The number of oxime groups is 1. The van der Waals surface area contributed by atoms with Crippen molar-refractivity contribution < 1.29 is 19.5 Å². The largest absolute Gasteiger partial charge is 0.459 e. The number of amidine groups is 1. The molecule has 1 amide bonds. The van der Waals surface area contributed by atoms with Gasteiger partial charge in [0.1, 0.15) is 23.2 Å². The molecular weight excluding hydrogens is 438 g/mol. The van der Waals surface area contributed by atoms with E-state index in [1.165, 1.54) is 0 Å². The number of carbonyl (C=O) groups excluding carboxylic acids is 1. The van der Waals surface area contributed by atoms with Crippen LogP contribution >= 0.6 is 0 Å². The van der Waals surface area contributed by atoms with E-state index in [4.69, 9.17) is 15.2 Å². The summed E-state index contributed by atoms with van der Waals surface area (Å²) < 4.78 is 11.7. The molecule has 0 aromatic carbocycles. The minimum absolute atomic E-state index is 0.0671. The van der Waals surface area contributed by atoms with Gasteiger partial charge in [0.2, 0.25) is 0 Å². The van der Waals surface area contributed by atoms with Gasteiger partial charge in [-0.15, -0.1) is 0 Å². The summed E-state index contributed by atoms with van der Waals surface area (Å²) in [5, 5.41) is 12.3. The second-order valence-electron chi connectivity index (χ2n) is 10.2. The first-order valence-corrected chi connectivity index (χ1v) is 11.9. The van der Waals surface area contributed by atoms with Crippen molar-refractivity contribution in [1.29, 1.82) is 0 Å². The van der Waals surface area contributed by atoms with E-state index in [1.807, 2.05) is 41.5 Å². The molecule has 190 valence electrons. The third kappa shape index (κ3) is 5.81. The van der Waals surface area contributed by atoms with Gasteiger partial charge in [0.05, 0.1) is 6.04 Å². The van der Waals surface area contributed by atoms with Crippen molar-refractivity contribution in [3.63, 3.8) is 0 Å². The van der Waals surface area contributed by atoms with Crippen LogP contribution in [0.2, 0.25) is 0 Å². The second kappa shape index (κ2) is 10.2. The molecule has 0 bridgehead atoms. The number of ether oxygens (including phenoxy) is 2. The molecule has 34 heavy (non-hydrogen) atoms. The number of likely N-dealkylation sites (tertiary alicyclic amines) is 1. The highest BCUT2D eigenvalue weighted by Gasteiger charge is 2.37. The molecule has 3 heterocycles. The van der Waals surface area contributed by atoms with E-state index >= 15 is 0 Å². The van der Waals surface area contributed by atoms with E-state index in [0.717, 1.165) is 19.4 Å². The third-order valence-corrected chi connectivity index (χ3v) is 6.66. The summed E-state index contributed by atoms with van der Waals surface area (Å²) in [4.78, 5) is 27.9. The van der Waals surface area contributed by atoms with Crippen LogP contribution in [0.5, 0.6) is 6.01 Å². The minimum atomic E-state index is -0.559. The maximum absolute atomic E-state index is 12.7. The van der Waals surface area contributed by atoms with Crippen LogP contribution in [0.25, 0.3) is 0 Å². The Morgan fingerprint density at radius 1 is 1.24 bits per heavy atom. The molecule has 2 aliphatic rings. The average molecular weight is 478 g/mol. The molecule has 2 aliphatic heterocycles. The molecule has 0 saturated carbocycles. The molecule has 3 N–H and O–H groups in total. The molecule has 4 atom stereocenters. The molecule has 11 heteroatoms. The van der Waals surface area contributed by atoms with Gasteiger partial charge < -0.3 is 30.2 Å². The highest BCUT2D eigenvalue weighted by Crippen LogP contribution is 2.27. The van der Waals surface area contributed by atoms with E-state index in [2.05, 4.69) is 32.0 Å². The number of nitrogens with two attached hydrogens (primary N) is 1. The van der Waals surface area contributed by atoms with E-state index in [0.29, 0.717) is 18.9 Å². The number of amides is 1. The summed E-state index contributed by atoms with van der Waals surface area (Å²) in [6.45, 7) is 13.7. The minimum Gasteiger partial charge on any atom is -0.459 e. The quantitative estimate of drug-likeness (QED) is 0.284. The van der Waals surface area contributed by atoms with Crippen LogP contribution < -0.4 is 15.4 Å². The van der Waals surface area contributed by atoms with Crippen molar-refractivity contribution in [3.05, 3.63) is 11.8 Å². The summed E-state index contributed by atoms with van der Waals surface area (Å²) >= 11 is 0. The Morgan fingerprint density at radius 2 is 1.94 bits per heavy atom. The lowest BCUT2D eigenvalue weighted by Crippen LogP contribution is -2.60. The maximum atomic E-state index is 12.7. The Hall–Kier alpha value is -2.82. The van der Waals surface area contributed by atoms with Crippen LogP contribution in [0.15, 0.2) is 11.2 Å². The highest BCUT2D eigenvalue weighted by atomic mass is 16.6. The number of hydrogen-bond acceptors (Lipinski definition) is 9. The number of carbonyl (C=O) groups is 1. The zero-order chi connectivity index (χ0) is 25.2. The van der Waals surface area contributed by atoms with E-state index in [-0.39, 0.29) is 47.9 Å². The highest BCUT2D eigenvalue weighted by molar-refractivity contribution is 5.95. The molecule has 0 aliphatic carbocycles. The van der Waals surface area contributed by atoms with Gasteiger partial charge in [0, 0.05) is 31.2 Å². The Bertz CT molecular complexity index is 904. The Labute approximate surface area is 201 Å². The van der Waals surface area contributed by atoms with Gasteiger partial charge in [-0.1, -0.05) is 5.16 Å². The van der Waals surface area contributed by atoms with Crippen molar-refractivity contribution in [2.75, 3.05) is 31.6 Å². The van der Waals surface area contributed by atoms with Crippen LogP contribution in [0, 0.1) is 0 Å². The second-order valence-corrected chi connectivity index (χ2v) is 10.2. The smallest absolute Gasteiger partial charge is 0.410 e. The fraction of sp³-hybridized carbons (Fsp3) is 0.739. The SMILES string of the molecule is CC1C(C)N(c2cc(/C(N)=N/O)nc(O[C@@H](C)[C@@H]3CCCN3C)n2)CCN1C(=O)OC(C)(C)C. The average Bonchev–Trinajstić information content (AvgIpc) is 3.19. The molecule has 3 rings (SSSR count). The number of anilines is 1. The zero-order valence-corrected chi connectivity index (χ0v) is 21.4. The first-order valence-electron chi connectivity index (χ1n) is 11.9. The van der Waals surface area contributed by atoms with Gasteiger partial charge in [-0.25, -0.2) is 4.79 Å². The molecule has 2 fully saturated rings. The number of aromatic nitrogens is 2. The molecule has 2 saturated heterocycles. The Kier molecular flexibility index (Phi) is 7.74. The van der Waals surface area contributed by atoms with Gasteiger partial charge in [0.25, 0.3) is 0 Å². The van der Waals surface area contributed by atoms with Gasteiger partial charge in [-0.05, 0) is 68.0 Å². The standard InChI is InChI=1S/C23H39N7O4/c1-14-15(2)30(22(31)34-23(4,5)6)12-11-29(14)19-13-17(20(24)27-32)25-21(26-19)33-16(3)18-9-8-10-28(18)7/h13-16,18,32H,8-12H2,1-7H3,(H2,24,27)/t14?,15?,16-,18-/m0/s1. The Morgan fingerprint density at radius 3 is 2.53 bits per heavy atom. The van der Waals surface area contributed by atoms with Crippen LogP contribution in [-0.2, 0) is 4.74 Å². The van der Waals surface area contributed by atoms with Crippen molar-refractivity contribution in [3.8, 4) is 6.01 Å². The molecule has 11 nitrogen and oxygen atoms in total. The topological polar surface area (TPSA) is 130 Å². The lowest BCUT2D eigenvalue weighted by atomic mass is 10.1. The van der Waals surface area contributed by atoms with Crippen molar-refractivity contribution in [1.82, 2.24) is 19.8 Å². The first kappa shape index (κ1) is 25.8. The van der Waals surface area contributed by atoms with E-state index in [1.54, 1.807) is 11.0 Å². The fourth-order valence-corrected chi connectivity index (χ4v) is 4.61. The lowest BCUT2D eigenvalue weighted by Gasteiger charge is -2.45. The molecule has 1 aromatic heterocycles. The number of likely N-dealkylation sites (N-methyl/N-ethyl adjacent to an activating group) is 1. The summed E-state index contributed by atoms with van der Waals surface area (Å²) in [7, 11) is 2.09. The fourth-order valence-electron chi connectivity index (χ4n) is 4.61. The molecule has 1 aromatic rings. The molecule has 0 radical (unpaired) electrons. The summed E-state index contributed by atoms with van der Waals surface area (Å²) in [5.41, 5.74) is 5.60. The predicted octanol–water partition coefficient (Wildman–Crippen LogP) is 2.27. The van der Waals surface area contributed by atoms with Gasteiger partial charge in [0.15, 0.2) is 5.84 Å². The lowest BCUT2D eigenvalue weighted by molar-refractivity contribution is 0.0119. The molecule has 2 unspecified atom stereocenters. The zero-order valence-electron chi connectivity index (χ0n) is 21.4. The monoisotopic (exact) mass is 477 g/mol. The molecule has 0 spiro atoms. The maximum Gasteiger partial charge on any atom is 0.410 e. The van der Waals surface area contributed by atoms with Crippen LogP contribution in [0.4, 0.5) is 10.6 Å². The van der Waals surface area contributed by atoms with Crippen molar-refractivity contribution in [2.24, 2.45) is 10.9 Å². The number of hydrogen-bond donors (Lipinski definition) is 2. The summed E-state index contributed by atoms with van der Waals surface area (Å²) in [5.74, 6) is 0.481. The normalized spacial score (nSPS) is 25.4. The number of piperazine rings is 1. The molecular formula is C23H39N7O4.